The number of alkyl halides is 3. The molecule has 0 amide bonds. The van der Waals surface area contributed by atoms with Crippen molar-refractivity contribution >= 4 is 43.6 Å². The normalized spacial score (nSPS) is 11.9. The molecule has 96 heavy (non-hydrogen) atoms. The van der Waals surface area contributed by atoms with Crippen molar-refractivity contribution in [1.82, 2.24) is 24.1 Å². The lowest BCUT2D eigenvalue weighted by Crippen LogP contribution is -2.13. The van der Waals surface area contributed by atoms with E-state index in [1.54, 1.807) is 18.2 Å². The van der Waals surface area contributed by atoms with Crippen LogP contribution in [0.5, 0.6) is 0 Å². The summed E-state index contributed by atoms with van der Waals surface area (Å²) < 4.78 is 56.7. The predicted molar refractivity (Wildman–Crippen MR) is 394 cm³/mol. The van der Waals surface area contributed by atoms with Gasteiger partial charge in [-0.1, -0.05) is 168 Å². The summed E-state index contributed by atoms with van der Waals surface area (Å²) in [6, 6.07) is 73.7. The average Bonchev–Trinajstić information content (AvgIpc) is 1.50. The lowest BCUT2D eigenvalue weighted by Gasteiger charge is -2.22. The van der Waals surface area contributed by atoms with Crippen molar-refractivity contribution in [2.24, 2.45) is 0 Å². The van der Waals surface area contributed by atoms with E-state index in [4.69, 9.17) is 15.0 Å². The van der Waals surface area contributed by atoms with Crippen molar-refractivity contribution < 1.29 is 13.2 Å². The minimum Gasteiger partial charge on any atom is -0.309 e. The summed E-state index contributed by atoms with van der Waals surface area (Å²) in [5, 5.41) is 3.73. The third-order valence-corrected chi connectivity index (χ3v) is 19.5. The molecule has 15 rings (SSSR count). The van der Waals surface area contributed by atoms with Gasteiger partial charge in [0.1, 0.15) is 0 Å². The molecule has 5 nitrogen and oxygen atoms in total. The van der Waals surface area contributed by atoms with Crippen LogP contribution in [-0.4, -0.2) is 24.1 Å². The number of hydrogen-bond donors (Lipinski definition) is 0. The molecule has 15 aromatic rings. The van der Waals surface area contributed by atoms with Crippen LogP contribution in [0.2, 0.25) is 0 Å². The van der Waals surface area contributed by atoms with Crippen LogP contribution in [-0.2, 0) is 6.18 Å². The summed E-state index contributed by atoms with van der Waals surface area (Å²) in [7, 11) is 0. The Hall–Kier alpha value is -11.0. The monoisotopic (exact) mass is 1260 g/mol. The summed E-state index contributed by atoms with van der Waals surface area (Å²) in [5.74, 6) is 1.01. The van der Waals surface area contributed by atoms with Gasteiger partial charge in [-0.05, 0) is 256 Å². The quantitative estimate of drug-likeness (QED) is 0.137. The first-order chi connectivity index (χ1) is 46.1. The molecule has 0 saturated heterocycles. The Morgan fingerprint density at radius 3 is 0.948 bits per heavy atom. The zero-order valence-electron chi connectivity index (χ0n) is 56.2. The van der Waals surface area contributed by atoms with Crippen LogP contribution in [0.25, 0.3) is 145 Å². The molecule has 0 unspecified atom stereocenters. The maximum atomic E-state index is 17.5. The summed E-state index contributed by atoms with van der Waals surface area (Å²) in [5.41, 5.74) is 27.9. The van der Waals surface area contributed by atoms with Gasteiger partial charge in [0.25, 0.3) is 0 Å². The molecule has 0 fully saturated rings. The zero-order chi connectivity index (χ0) is 66.7. The molecular formula is C88H72F3N5. The van der Waals surface area contributed by atoms with Crippen LogP contribution in [0.15, 0.2) is 218 Å². The molecular weight excluding hydrogens is 1180 g/mol. The van der Waals surface area contributed by atoms with Crippen molar-refractivity contribution in [2.45, 2.75) is 89.3 Å². The molecule has 0 N–H and O–H groups in total. The van der Waals surface area contributed by atoms with Gasteiger partial charge in [0.05, 0.1) is 33.3 Å². The predicted octanol–water partition coefficient (Wildman–Crippen LogP) is 24.1. The standard InChI is InChI=1S/C88H72F3N5/c1-49-36-53(5)80(54(6)37-49)63-26-32-75-71(44-63)72-45-64(81-55(7)38-50(2)39-56(81)8)27-33-76(72)95(75)67-30-31-69(87-93-85(61-20-15-13-16-21-61)92-86(94-87)62-22-17-14-18-23-62)70(48-67)68-24-19-25-79(84(68)88(89,90)91)96-77-34-28-65(82-57(9)40-51(3)41-58(82)10)46-73(77)74-47-66(29-35-78(74)96)83-59(11)42-52(4)43-60(83)12/h13-48H,1-12H3. The molecule has 12 aromatic carbocycles. The van der Waals surface area contributed by atoms with Crippen molar-refractivity contribution in [3.05, 3.63) is 291 Å². The second-order valence-electron chi connectivity index (χ2n) is 26.7. The third-order valence-electron chi connectivity index (χ3n) is 19.5. The van der Waals surface area contributed by atoms with Gasteiger partial charge < -0.3 is 9.13 Å². The van der Waals surface area contributed by atoms with Crippen LogP contribution in [0.3, 0.4) is 0 Å². The third kappa shape index (κ3) is 10.6. The van der Waals surface area contributed by atoms with Crippen LogP contribution in [0.4, 0.5) is 13.2 Å². The van der Waals surface area contributed by atoms with Crippen LogP contribution in [0, 0.1) is 83.1 Å². The second kappa shape index (κ2) is 23.5. The Labute approximate surface area is 558 Å². The Morgan fingerprint density at radius 1 is 0.271 bits per heavy atom. The van der Waals surface area contributed by atoms with Gasteiger partial charge in [-0.3, -0.25) is 0 Å². The van der Waals surface area contributed by atoms with Crippen LogP contribution in [0.1, 0.15) is 72.3 Å². The molecule has 0 atom stereocenters. The Bertz CT molecular complexity index is 5330. The highest BCUT2D eigenvalue weighted by Crippen LogP contribution is 2.49. The average molecular weight is 1260 g/mol. The van der Waals surface area contributed by atoms with Gasteiger partial charge >= 0.3 is 6.18 Å². The molecule has 0 aliphatic rings. The van der Waals surface area contributed by atoms with E-state index in [-0.39, 0.29) is 17.1 Å². The smallest absolute Gasteiger partial charge is 0.309 e. The molecule has 0 radical (unpaired) electrons. The summed E-state index contributed by atoms with van der Waals surface area (Å²) >= 11 is 0. The number of hydrogen-bond acceptors (Lipinski definition) is 3. The van der Waals surface area contributed by atoms with E-state index >= 15 is 13.2 Å². The van der Waals surface area contributed by atoms with Crippen molar-refractivity contribution in [3.8, 4) is 101 Å². The van der Waals surface area contributed by atoms with Crippen molar-refractivity contribution in [1.29, 1.82) is 0 Å². The fourth-order valence-corrected chi connectivity index (χ4v) is 16.0. The summed E-state index contributed by atoms with van der Waals surface area (Å²) in [6.07, 6.45) is -4.91. The van der Waals surface area contributed by atoms with Crippen LogP contribution < -0.4 is 0 Å². The van der Waals surface area contributed by atoms with E-state index in [0.29, 0.717) is 39.5 Å². The van der Waals surface area contributed by atoms with Gasteiger partial charge in [-0.15, -0.1) is 0 Å². The molecule has 0 saturated carbocycles. The van der Waals surface area contributed by atoms with E-state index in [0.717, 1.165) is 99.3 Å². The molecule has 3 heterocycles. The minimum atomic E-state index is -4.91. The van der Waals surface area contributed by atoms with E-state index in [2.05, 4.69) is 197 Å². The number of nitrogens with zero attached hydrogens (tertiary/aromatic N) is 5. The first-order valence-corrected chi connectivity index (χ1v) is 32.9. The fourth-order valence-electron chi connectivity index (χ4n) is 16.0. The number of aryl methyl sites for hydroxylation is 12. The highest BCUT2D eigenvalue weighted by molar-refractivity contribution is 6.14. The van der Waals surface area contributed by atoms with E-state index < -0.39 is 11.7 Å². The number of fused-ring (bicyclic) bond motifs is 6. The maximum absolute atomic E-state index is 17.5. The van der Waals surface area contributed by atoms with E-state index in [9.17, 15) is 0 Å². The number of halogens is 3. The first kappa shape index (κ1) is 61.2. The molecule has 0 spiro atoms. The largest absolute Gasteiger partial charge is 0.419 e. The molecule has 8 heteroatoms. The van der Waals surface area contributed by atoms with E-state index in [1.807, 2.05) is 95.6 Å². The number of rotatable bonds is 10. The molecule has 3 aromatic heterocycles. The molecule has 0 aliphatic heterocycles. The summed E-state index contributed by atoms with van der Waals surface area (Å²) in [6.45, 7) is 25.7. The van der Waals surface area contributed by atoms with Crippen molar-refractivity contribution in [2.75, 3.05) is 0 Å². The zero-order valence-corrected chi connectivity index (χ0v) is 56.2. The van der Waals surface area contributed by atoms with Gasteiger partial charge in [-0.2, -0.15) is 13.2 Å². The van der Waals surface area contributed by atoms with Gasteiger partial charge in [0.2, 0.25) is 0 Å². The van der Waals surface area contributed by atoms with E-state index in [1.165, 1.54) is 55.6 Å². The highest BCUT2D eigenvalue weighted by Gasteiger charge is 2.39. The Balaban J connectivity index is 1.03. The van der Waals surface area contributed by atoms with Gasteiger partial charge in [0, 0.05) is 43.9 Å². The Kier molecular flexibility index (Phi) is 15.0. The summed E-state index contributed by atoms with van der Waals surface area (Å²) in [4.78, 5) is 15.5. The maximum Gasteiger partial charge on any atom is 0.419 e. The second-order valence-corrected chi connectivity index (χ2v) is 26.7. The minimum absolute atomic E-state index is 0.00634. The first-order valence-electron chi connectivity index (χ1n) is 32.9. The fraction of sp³-hybridized carbons (Fsp3) is 0.148. The molecule has 0 aliphatic carbocycles. The lowest BCUT2D eigenvalue weighted by molar-refractivity contribution is -0.136. The molecule has 0 bridgehead atoms. The molecule has 470 valence electrons. The Morgan fingerprint density at radius 2 is 0.604 bits per heavy atom. The SMILES string of the molecule is Cc1cc(C)c(-c2ccc3c(c2)c2cc(-c4c(C)cc(C)cc4C)ccc2n3-c2ccc(-c3nc(-c4ccccc4)nc(-c4ccccc4)n3)c(-c3cccc(-n4c5ccc(-c6c(C)cc(C)cc6C)cc5c5cc(-c6c(C)cc(C)cc6C)ccc54)c3C(F)(F)F)c2)c(C)c1. The van der Waals surface area contributed by atoms with Gasteiger partial charge in [-0.25, -0.2) is 15.0 Å². The number of aromatic nitrogens is 5. The van der Waals surface area contributed by atoms with Crippen LogP contribution >= 0.6 is 0 Å². The van der Waals surface area contributed by atoms with Gasteiger partial charge in [0.15, 0.2) is 17.5 Å². The van der Waals surface area contributed by atoms with Crippen molar-refractivity contribution in [3.63, 3.8) is 0 Å². The number of benzene rings is 12. The highest BCUT2D eigenvalue weighted by atomic mass is 19.4. The topological polar surface area (TPSA) is 48.5 Å². The lowest BCUT2D eigenvalue weighted by atomic mass is 9.91.